The fourth-order valence-electron chi connectivity index (χ4n) is 2.17. The number of hydrogen-bond acceptors (Lipinski definition) is 3. The Morgan fingerprint density at radius 2 is 2.17 bits per heavy atom. The van der Waals surface area contributed by atoms with Gasteiger partial charge in [-0.15, -0.1) is 11.6 Å². The van der Waals surface area contributed by atoms with Crippen LogP contribution in [0.4, 0.5) is 5.69 Å². The first-order valence-corrected chi connectivity index (χ1v) is 6.29. The van der Waals surface area contributed by atoms with Crippen molar-refractivity contribution in [2.24, 2.45) is 0 Å². The van der Waals surface area contributed by atoms with Crippen LogP contribution in [0.3, 0.4) is 0 Å². The van der Waals surface area contributed by atoms with E-state index in [2.05, 4.69) is 0 Å². The Morgan fingerprint density at radius 3 is 2.83 bits per heavy atom. The van der Waals surface area contributed by atoms with Crippen LogP contribution in [0.2, 0.25) is 0 Å². The number of halogens is 1. The SMILES string of the molecule is CC(=O)N1CC[C@@H](OC(=O)CCl)c2ccccc21. The van der Waals surface area contributed by atoms with Crippen molar-refractivity contribution >= 4 is 29.2 Å². The molecule has 5 heteroatoms. The predicted molar refractivity (Wildman–Crippen MR) is 68.6 cm³/mol. The van der Waals surface area contributed by atoms with Gasteiger partial charge in [0, 0.05) is 25.5 Å². The highest BCUT2D eigenvalue weighted by Crippen LogP contribution is 2.35. The molecule has 1 aromatic carbocycles. The van der Waals surface area contributed by atoms with Gasteiger partial charge in [-0.25, -0.2) is 0 Å². The van der Waals surface area contributed by atoms with Gasteiger partial charge < -0.3 is 9.64 Å². The van der Waals surface area contributed by atoms with Crippen LogP contribution in [0.1, 0.15) is 25.0 Å². The maximum Gasteiger partial charge on any atom is 0.321 e. The van der Waals surface area contributed by atoms with Crippen molar-refractivity contribution in [3.8, 4) is 0 Å². The van der Waals surface area contributed by atoms with Crippen LogP contribution in [0.5, 0.6) is 0 Å². The van der Waals surface area contributed by atoms with Crippen molar-refractivity contribution in [2.45, 2.75) is 19.4 Å². The molecular formula is C13H14ClNO3. The van der Waals surface area contributed by atoms with Gasteiger partial charge >= 0.3 is 5.97 Å². The van der Waals surface area contributed by atoms with Crippen LogP contribution in [-0.2, 0) is 14.3 Å². The van der Waals surface area contributed by atoms with Crippen LogP contribution in [0.25, 0.3) is 0 Å². The van der Waals surface area contributed by atoms with E-state index >= 15 is 0 Å². The molecule has 4 nitrogen and oxygen atoms in total. The second-order valence-electron chi connectivity index (χ2n) is 4.13. The third-order valence-corrected chi connectivity index (χ3v) is 3.17. The Bertz CT molecular complexity index is 475. The minimum Gasteiger partial charge on any atom is -0.456 e. The van der Waals surface area contributed by atoms with E-state index in [1.54, 1.807) is 4.90 Å². The first-order valence-electron chi connectivity index (χ1n) is 5.76. The number of carbonyl (C=O) groups excluding carboxylic acids is 2. The standard InChI is InChI=1S/C13H14ClNO3/c1-9(16)15-7-6-12(18-13(17)8-14)10-4-2-3-5-11(10)15/h2-5,12H,6-8H2,1H3/t12-/m1/s1. The molecule has 0 spiro atoms. The summed E-state index contributed by atoms with van der Waals surface area (Å²) in [6.45, 7) is 2.08. The van der Waals surface area contributed by atoms with Crippen molar-refractivity contribution in [1.82, 2.24) is 0 Å². The van der Waals surface area contributed by atoms with Crippen molar-refractivity contribution in [1.29, 1.82) is 0 Å². The maximum absolute atomic E-state index is 11.5. The largest absolute Gasteiger partial charge is 0.456 e. The molecular weight excluding hydrogens is 254 g/mol. The van der Waals surface area contributed by atoms with Gasteiger partial charge in [0.25, 0.3) is 0 Å². The number of hydrogen-bond donors (Lipinski definition) is 0. The zero-order valence-corrected chi connectivity index (χ0v) is 10.8. The monoisotopic (exact) mass is 267 g/mol. The third kappa shape index (κ3) is 2.48. The topological polar surface area (TPSA) is 46.6 Å². The van der Waals surface area contributed by atoms with E-state index in [4.69, 9.17) is 16.3 Å². The summed E-state index contributed by atoms with van der Waals surface area (Å²) in [4.78, 5) is 24.5. The van der Waals surface area contributed by atoms with Crippen molar-refractivity contribution in [3.05, 3.63) is 29.8 Å². The number of carbonyl (C=O) groups is 2. The Balaban J connectivity index is 2.30. The van der Waals surface area contributed by atoms with Crippen LogP contribution < -0.4 is 4.90 Å². The summed E-state index contributed by atoms with van der Waals surface area (Å²) in [6.07, 6.45) is 0.280. The lowest BCUT2D eigenvalue weighted by Gasteiger charge is -2.33. The molecule has 18 heavy (non-hydrogen) atoms. The van der Waals surface area contributed by atoms with Crippen LogP contribution in [0, 0.1) is 0 Å². The number of amides is 1. The molecule has 2 rings (SSSR count). The molecule has 0 radical (unpaired) electrons. The number of nitrogens with zero attached hydrogens (tertiary/aromatic N) is 1. The van der Waals surface area contributed by atoms with E-state index in [1.165, 1.54) is 6.92 Å². The van der Waals surface area contributed by atoms with Gasteiger partial charge in [0.2, 0.25) is 5.91 Å². The molecule has 0 saturated carbocycles. The van der Waals surface area contributed by atoms with E-state index in [1.807, 2.05) is 24.3 Å². The Hall–Kier alpha value is -1.55. The van der Waals surface area contributed by atoms with Gasteiger partial charge in [-0.05, 0) is 6.07 Å². The molecule has 0 bridgehead atoms. The molecule has 0 fully saturated rings. The number of fused-ring (bicyclic) bond motifs is 1. The lowest BCUT2D eigenvalue weighted by Crippen LogP contribution is -2.36. The fourth-order valence-corrected chi connectivity index (χ4v) is 2.23. The quantitative estimate of drug-likeness (QED) is 0.610. The highest BCUT2D eigenvalue weighted by Gasteiger charge is 2.28. The number of anilines is 1. The minimum absolute atomic E-state index is 0.00966. The molecule has 0 aliphatic carbocycles. The molecule has 1 aliphatic heterocycles. The van der Waals surface area contributed by atoms with Gasteiger partial charge in [0.1, 0.15) is 12.0 Å². The minimum atomic E-state index is -0.437. The van der Waals surface area contributed by atoms with Gasteiger partial charge in [-0.3, -0.25) is 9.59 Å². The van der Waals surface area contributed by atoms with Gasteiger partial charge in [0.05, 0.1) is 5.69 Å². The summed E-state index contributed by atoms with van der Waals surface area (Å²) in [5.74, 6) is -0.605. The number of alkyl halides is 1. The molecule has 1 aromatic rings. The zero-order valence-electron chi connectivity index (χ0n) is 10.1. The molecule has 0 aromatic heterocycles. The van der Waals surface area contributed by atoms with Crippen molar-refractivity contribution in [2.75, 3.05) is 17.3 Å². The Kier molecular flexibility index (Phi) is 3.87. The molecule has 96 valence electrons. The van der Waals surface area contributed by atoms with E-state index in [-0.39, 0.29) is 17.9 Å². The Labute approximate surface area is 110 Å². The lowest BCUT2D eigenvalue weighted by atomic mass is 9.98. The van der Waals surface area contributed by atoms with Crippen LogP contribution in [0.15, 0.2) is 24.3 Å². The second-order valence-corrected chi connectivity index (χ2v) is 4.40. The number of esters is 1. The normalized spacial score (nSPS) is 18.1. The highest BCUT2D eigenvalue weighted by molar-refractivity contribution is 6.26. The first-order chi connectivity index (χ1) is 8.63. The van der Waals surface area contributed by atoms with E-state index in [9.17, 15) is 9.59 Å². The second kappa shape index (κ2) is 5.40. The van der Waals surface area contributed by atoms with Crippen LogP contribution >= 0.6 is 11.6 Å². The zero-order chi connectivity index (χ0) is 13.1. The highest BCUT2D eigenvalue weighted by atomic mass is 35.5. The van der Waals surface area contributed by atoms with Gasteiger partial charge in [-0.1, -0.05) is 18.2 Å². The lowest BCUT2D eigenvalue weighted by molar-refractivity contribution is -0.146. The number of rotatable bonds is 2. The summed E-state index contributed by atoms with van der Waals surface area (Å²) in [5, 5.41) is 0. The van der Waals surface area contributed by atoms with Crippen molar-refractivity contribution < 1.29 is 14.3 Å². The summed E-state index contributed by atoms with van der Waals surface area (Å²) in [7, 11) is 0. The molecule has 1 amide bonds. The molecule has 0 N–H and O–H groups in total. The average Bonchev–Trinajstić information content (AvgIpc) is 2.38. The maximum atomic E-state index is 11.5. The predicted octanol–water partition coefficient (Wildman–Crippen LogP) is 2.27. The van der Waals surface area contributed by atoms with E-state index in [0.717, 1.165) is 11.3 Å². The smallest absolute Gasteiger partial charge is 0.321 e. The van der Waals surface area contributed by atoms with Gasteiger partial charge in [0.15, 0.2) is 0 Å². The third-order valence-electron chi connectivity index (χ3n) is 2.95. The summed E-state index contributed by atoms with van der Waals surface area (Å²) in [5.41, 5.74) is 1.67. The summed E-state index contributed by atoms with van der Waals surface area (Å²) in [6, 6.07) is 7.46. The Morgan fingerprint density at radius 1 is 1.44 bits per heavy atom. The summed E-state index contributed by atoms with van der Waals surface area (Å²) < 4.78 is 5.29. The molecule has 1 atom stereocenters. The van der Waals surface area contributed by atoms with E-state index in [0.29, 0.717) is 13.0 Å². The van der Waals surface area contributed by atoms with Crippen molar-refractivity contribution in [3.63, 3.8) is 0 Å². The number of benzene rings is 1. The molecule has 1 aliphatic rings. The first kappa shape index (κ1) is 12.9. The molecule has 1 heterocycles. The molecule has 0 unspecified atom stereocenters. The van der Waals surface area contributed by atoms with Crippen LogP contribution in [-0.4, -0.2) is 24.3 Å². The fraction of sp³-hybridized carbons (Fsp3) is 0.385. The summed E-state index contributed by atoms with van der Waals surface area (Å²) >= 11 is 5.44. The molecule has 0 saturated heterocycles. The van der Waals surface area contributed by atoms with E-state index < -0.39 is 5.97 Å². The number of para-hydroxylation sites is 1. The van der Waals surface area contributed by atoms with Gasteiger partial charge in [-0.2, -0.15) is 0 Å². The average molecular weight is 268 g/mol. The number of ether oxygens (including phenoxy) is 1.